The van der Waals surface area contributed by atoms with Crippen molar-refractivity contribution < 1.29 is 4.42 Å². The standard InChI is InChI=1S/C11H20N4O/c1-8-2-4-9(5-3-8)7-13-11-15-14-10(6-12)16-11/h8-9H,2-7,12H2,1H3,(H,13,15). The lowest BCUT2D eigenvalue weighted by atomic mass is 9.83. The predicted molar refractivity (Wildman–Crippen MR) is 61.8 cm³/mol. The van der Waals surface area contributed by atoms with Crippen LogP contribution in [0.5, 0.6) is 0 Å². The largest absolute Gasteiger partial charge is 0.407 e. The van der Waals surface area contributed by atoms with Crippen molar-refractivity contribution in [2.45, 2.75) is 39.2 Å². The first-order valence-electron chi connectivity index (χ1n) is 6.04. The molecule has 0 spiro atoms. The summed E-state index contributed by atoms with van der Waals surface area (Å²) >= 11 is 0. The van der Waals surface area contributed by atoms with Gasteiger partial charge in [0.25, 0.3) is 0 Å². The first-order chi connectivity index (χ1) is 7.78. The van der Waals surface area contributed by atoms with E-state index in [1.54, 1.807) is 0 Å². The molecule has 16 heavy (non-hydrogen) atoms. The van der Waals surface area contributed by atoms with Gasteiger partial charge in [-0.15, -0.1) is 5.10 Å². The lowest BCUT2D eigenvalue weighted by molar-refractivity contribution is 0.299. The number of rotatable bonds is 4. The summed E-state index contributed by atoms with van der Waals surface area (Å²) in [6, 6.07) is 0.499. The van der Waals surface area contributed by atoms with Crippen LogP contribution in [0.1, 0.15) is 38.5 Å². The fraction of sp³-hybridized carbons (Fsp3) is 0.818. The molecule has 1 aliphatic carbocycles. The summed E-state index contributed by atoms with van der Waals surface area (Å²) in [5.41, 5.74) is 5.39. The molecule has 0 bridgehead atoms. The molecular weight excluding hydrogens is 204 g/mol. The molecule has 2 rings (SSSR count). The van der Waals surface area contributed by atoms with Crippen LogP contribution in [-0.2, 0) is 6.54 Å². The highest BCUT2D eigenvalue weighted by atomic mass is 16.4. The molecule has 0 aliphatic heterocycles. The third kappa shape index (κ3) is 2.95. The lowest BCUT2D eigenvalue weighted by Gasteiger charge is -2.25. The van der Waals surface area contributed by atoms with Gasteiger partial charge in [0.05, 0.1) is 6.54 Å². The Balaban J connectivity index is 1.74. The summed E-state index contributed by atoms with van der Waals surface area (Å²) in [4.78, 5) is 0. The van der Waals surface area contributed by atoms with Gasteiger partial charge in [0.2, 0.25) is 5.89 Å². The predicted octanol–water partition coefficient (Wildman–Crippen LogP) is 1.77. The van der Waals surface area contributed by atoms with Crippen molar-refractivity contribution >= 4 is 6.01 Å². The number of nitrogens with one attached hydrogen (secondary N) is 1. The maximum absolute atomic E-state index is 5.39. The zero-order valence-electron chi connectivity index (χ0n) is 9.78. The van der Waals surface area contributed by atoms with E-state index in [4.69, 9.17) is 10.2 Å². The number of hydrogen-bond donors (Lipinski definition) is 2. The van der Waals surface area contributed by atoms with Crippen LogP contribution < -0.4 is 11.1 Å². The van der Waals surface area contributed by atoms with Gasteiger partial charge in [0.15, 0.2) is 0 Å². The van der Waals surface area contributed by atoms with E-state index in [1.165, 1.54) is 25.7 Å². The fourth-order valence-electron chi connectivity index (χ4n) is 2.17. The first kappa shape index (κ1) is 11.4. The van der Waals surface area contributed by atoms with Crippen LogP contribution in [-0.4, -0.2) is 16.7 Å². The Morgan fingerprint density at radius 1 is 1.31 bits per heavy atom. The maximum Gasteiger partial charge on any atom is 0.315 e. The number of anilines is 1. The number of nitrogens with two attached hydrogens (primary N) is 1. The number of nitrogens with zero attached hydrogens (tertiary/aromatic N) is 2. The summed E-state index contributed by atoms with van der Waals surface area (Å²) in [5, 5.41) is 10.9. The van der Waals surface area contributed by atoms with Gasteiger partial charge >= 0.3 is 6.01 Å². The van der Waals surface area contributed by atoms with E-state index in [9.17, 15) is 0 Å². The molecule has 1 aromatic rings. The number of hydrogen-bond acceptors (Lipinski definition) is 5. The van der Waals surface area contributed by atoms with Crippen LogP contribution in [0.4, 0.5) is 6.01 Å². The molecule has 0 aromatic carbocycles. The lowest BCUT2D eigenvalue weighted by Crippen LogP contribution is -2.20. The van der Waals surface area contributed by atoms with E-state index >= 15 is 0 Å². The zero-order valence-corrected chi connectivity index (χ0v) is 9.78. The fourth-order valence-corrected chi connectivity index (χ4v) is 2.17. The molecule has 5 heteroatoms. The van der Waals surface area contributed by atoms with Crippen molar-refractivity contribution in [3.63, 3.8) is 0 Å². The monoisotopic (exact) mass is 224 g/mol. The average Bonchev–Trinajstić information content (AvgIpc) is 2.76. The van der Waals surface area contributed by atoms with Crippen molar-refractivity contribution in [1.82, 2.24) is 10.2 Å². The SMILES string of the molecule is CC1CCC(CNc2nnc(CN)o2)CC1. The second-order valence-electron chi connectivity index (χ2n) is 4.71. The van der Waals surface area contributed by atoms with E-state index in [2.05, 4.69) is 22.4 Å². The minimum absolute atomic E-state index is 0.301. The third-order valence-corrected chi connectivity index (χ3v) is 3.32. The van der Waals surface area contributed by atoms with Crippen molar-refractivity contribution in [2.75, 3.05) is 11.9 Å². The van der Waals surface area contributed by atoms with Crippen molar-refractivity contribution in [2.24, 2.45) is 17.6 Å². The van der Waals surface area contributed by atoms with Gasteiger partial charge in [-0.3, -0.25) is 0 Å². The first-order valence-corrected chi connectivity index (χ1v) is 6.04. The van der Waals surface area contributed by atoms with Crippen LogP contribution >= 0.6 is 0 Å². The molecule has 1 fully saturated rings. The highest BCUT2D eigenvalue weighted by Gasteiger charge is 2.18. The Bertz CT molecular complexity index is 318. The molecule has 3 N–H and O–H groups in total. The molecule has 0 saturated heterocycles. The number of aromatic nitrogens is 2. The van der Waals surface area contributed by atoms with Gasteiger partial charge in [-0.05, 0) is 24.7 Å². The molecule has 1 aliphatic rings. The van der Waals surface area contributed by atoms with Crippen molar-refractivity contribution in [3.8, 4) is 0 Å². The maximum atomic E-state index is 5.39. The average molecular weight is 224 g/mol. The summed E-state index contributed by atoms with van der Waals surface area (Å²) in [6.45, 7) is 3.56. The molecule has 1 aromatic heterocycles. The van der Waals surface area contributed by atoms with Gasteiger partial charge in [0, 0.05) is 6.54 Å². The van der Waals surface area contributed by atoms with Crippen LogP contribution in [0.25, 0.3) is 0 Å². The Morgan fingerprint density at radius 3 is 2.69 bits per heavy atom. The van der Waals surface area contributed by atoms with Crippen LogP contribution in [0.3, 0.4) is 0 Å². The Morgan fingerprint density at radius 2 is 2.06 bits per heavy atom. The summed E-state index contributed by atoms with van der Waals surface area (Å²) in [6.07, 6.45) is 5.27. The van der Waals surface area contributed by atoms with E-state index in [1.807, 2.05) is 0 Å². The Labute approximate surface area is 95.8 Å². The second-order valence-corrected chi connectivity index (χ2v) is 4.71. The molecule has 0 unspecified atom stereocenters. The van der Waals surface area contributed by atoms with Crippen LogP contribution in [0.2, 0.25) is 0 Å². The van der Waals surface area contributed by atoms with Gasteiger partial charge in [-0.2, -0.15) is 0 Å². The summed E-state index contributed by atoms with van der Waals surface area (Å²) < 4.78 is 5.29. The minimum Gasteiger partial charge on any atom is -0.407 e. The van der Waals surface area contributed by atoms with Crippen LogP contribution in [0, 0.1) is 11.8 Å². The van der Waals surface area contributed by atoms with Gasteiger partial charge in [0.1, 0.15) is 0 Å². The molecular formula is C11H20N4O. The molecule has 1 saturated carbocycles. The van der Waals surface area contributed by atoms with Crippen LogP contribution in [0.15, 0.2) is 4.42 Å². The van der Waals surface area contributed by atoms with E-state index in [0.717, 1.165) is 18.4 Å². The third-order valence-electron chi connectivity index (χ3n) is 3.32. The van der Waals surface area contributed by atoms with Crippen molar-refractivity contribution in [3.05, 3.63) is 5.89 Å². The second kappa shape index (κ2) is 5.30. The molecule has 0 atom stereocenters. The van der Waals surface area contributed by atoms with Gasteiger partial charge < -0.3 is 15.5 Å². The smallest absolute Gasteiger partial charge is 0.315 e. The molecule has 0 amide bonds. The van der Waals surface area contributed by atoms with Gasteiger partial charge in [-0.25, -0.2) is 0 Å². The van der Waals surface area contributed by atoms with E-state index < -0.39 is 0 Å². The summed E-state index contributed by atoms with van der Waals surface area (Å²) in [7, 11) is 0. The van der Waals surface area contributed by atoms with Gasteiger partial charge in [-0.1, -0.05) is 24.9 Å². The van der Waals surface area contributed by atoms with Crippen molar-refractivity contribution in [1.29, 1.82) is 0 Å². The zero-order chi connectivity index (χ0) is 11.4. The van der Waals surface area contributed by atoms with E-state index in [0.29, 0.717) is 18.5 Å². The highest BCUT2D eigenvalue weighted by Crippen LogP contribution is 2.28. The van der Waals surface area contributed by atoms with E-state index in [-0.39, 0.29) is 0 Å². The normalized spacial score (nSPS) is 25.6. The Kier molecular flexibility index (Phi) is 3.77. The minimum atomic E-state index is 0.301. The molecule has 0 radical (unpaired) electrons. The Hall–Kier alpha value is -1.10. The molecule has 5 nitrogen and oxygen atoms in total. The molecule has 1 heterocycles. The quantitative estimate of drug-likeness (QED) is 0.815. The highest BCUT2D eigenvalue weighted by molar-refractivity contribution is 5.16. The summed E-state index contributed by atoms with van der Waals surface area (Å²) in [5.74, 6) is 2.12. The molecule has 90 valence electrons. The topological polar surface area (TPSA) is 77.0 Å².